The van der Waals surface area contributed by atoms with Crippen molar-refractivity contribution in [3.05, 3.63) is 83.2 Å². The first kappa shape index (κ1) is 19.6. The maximum atomic E-state index is 12.6. The van der Waals surface area contributed by atoms with Crippen LogP contribution in [0.5, 0.6) is 5.75 Å². The molecule has 0 aliphatic heterocycles. The summed E-state index contributed by atoms with van der Waals surface area (Å²) in [5, 5.41) is 14.4. The van der Waals surface area contributed by atoms with E-state index >= 15 is 0 Å². The fraction of sp³-hybridized carbons (Fsp3) is 0.0909. The molecule has 0 radical (unpaired) electrons. The highest BCUT2D eigenvalue weighted by Gasteiger charge is 2.15. The van der Waals surface area contributed by atoms with Crippen LogP contribution in [0.25, 0.3) is 0 Å². The third kappa shape index (κ3) is 4.76. The fourth-order valence-corrected chi connectivity index (χ4v) is 2.66. The van der Waals surface area contributed by atoms with Crippen molar-refractivity contribution in [1.82, 2.24) is 4.98 Å². The Hall–Kier alpha value is -4.18. The third-order valence-corrected chi connectivity index (χ3v) is 4.07. The molecule has 0 unspecified atom stereocenters. The second-order valence-corrected chi connectivity index (χ2v) is 6.21. The maximum absolute atomic E-state index is 12.6. The first-order valence-corrected chi connectivity index (χ1v) is 8.74. The van der Waals surface area contributed by atoms with Crippen LogP contribution in [-0.2, 0) is 0 Å². The van der Waals surface area contributed by atoms with Gasteiger partial charge in [0.15, 0.2) is 0 Å². The van der Waals surface area contributed by atoms with Crippen LogP contribution < -0.4 is 15.4 Å². The van der Waals surface area contributed by atoms with Crippen LogP contribution >= 0.6 is 0 Å². The predicted octanol–water partition coefficient (Wildman–Crippen LogP) is 3.77. The molecule has 29 heavy (non-hydrogen) atoms. The monoisotopic (exact) mass is 386 g/mol. The topological polar surface area (TPSA) is 104 Å². The molecule has 3 rings (SSSR count). The average molecular weight is 386 g/mol. The van der Waals surface area contributed by atoms with Crippen molar-refractivity contribution in [2.24, 2.45) is 0 Å². The molecule has 2 amide bonds. The van der Waals surface area contributed by atoms with Crippen molar-refractivity contribution in [3.8, 4) is 11.8 Å². The Morgan fingerprint density at radius 3 is 2.34 bits per heavy atom. The second-order valence-electron chi connectivity index (χ2n) is 6.21. The van der Waals surface area contributed by atoms with Gasteiger partial charge in [-0.25, -0.2) is 4.98 Å². The zero-order valence-corrected chi connectivity index (χ0v) is 15.9. The molecule has 0 aliphatic carbocycles. The number of nitrogens with one attached hydrogen (secondary N) is 2. The highest BCUT2D eigenvalue weighted by Crippen LogP contribution is 2.25. The van der Waals surface area contributed by atoms with E-state index in [4.69, 9.17) is 10.00 Å². The summed E-state index contributed by atoms with van der Waals surface area (Å²) in [6.45, 7) is 1.90. The molecule has 0 atom stereocenters. The molecule has 0 bridgehead atoms. The van der Waals surface area contributed by atoms with Gasteiger partial charge in [-0.3, -0.25) is 9.59 Å². The quantitative estimate of drug-likeness (QED) is 0.694. The van der Waals surface area contributed by atoms with E-state index in [-0.39, 0.29) is 11.4 Å². The number of carbonyl (C=O) groups excluding carboxylic acids is 2. The van der Waals surface area contributed by atoms with Crippen LogP contribution in [0.2, 0.25) is 0 Å². The minimum Gasteiger partial charge on any atom is -0.495 e. The lowest BCUT2D eigenvalue weighted by atomic mass is 10.2. The van der Waals surface area contributed by atoms with Crippen molar-refractivity contribution in [3.63, 3.8) is 0 Å². The van der Waals surface area contributed by atoms with E-state index in [2.05, 4.69) is 15.6 Å². The van der Waals surface area contributed by atoms with Gasteiger partial charge in [0.2, 0.25) is 0 Å². The fourth-order valence-electron chi connectivity index (χ4n) is 2.66. The van der Waals surface area contributed by atoms with Crippen molar-refractivity contribution < 1.29 is 14.3 Å². The Bertz CT molecular complexity index is 1120. The van der Waals surface area contributed by atoms with Gasteiger partial charge >= 0.3 is 0 Å². The molecule has 0 fully saturated rings. The number of hydrogen-bond donors (Lipinski definition) is 2. The Morgan fingerprint density at radius 2 is 1.66 bits per heavy atom. The maximum Gasteiger partial charge on any atom is 0.274 e. The molecule has 0 spiro atoms. The van der Waals surface area contributed by atoms with E-state index in [0.29, 0.717) is 22.7 Å². The van der Waals surface area contributed by atoms with E-state index in [1.807, 2.05) is 19.1 Å². The summed E-state index contributed by atoms with van der Waals surface area (Å²) in [5.41, 5.74) is 2.54. The summed E-state index contributed by atoms with van der Waals surface area (Å²) in [4.78, 5) is 29.3. The number of benzene rings is 2. The van der Waals surface area contributed by atoms with E-state index in [0.717, 1.165) is 5.56 Å². The van der Waals surface area contributed by atoms with Gasteiger partial charge in [0.25, 0.3) is 11.8 Å². The molecule has 7 heteroatoms. The molecular weight excluding hydrogens is 368 g/mol. The number of nitrogens with zero attached hydrogens (tertiary/aromatic N) is 2. The Labute approximate surface area is 168 Å². The summed E-state index contributed by atoms with van der Waals surface area (Å²) in [5.74, 6) is -0.423. The van der Waals surface area contributed by atoms with Crippen LogP contribution in [0.3, 0.4) is 0 Å². The number of hydrogen-bond acceptors (Lipinski definition) is 5. The summed E-state index contributed by atoms with van der Waals surface area (Å²) in [7, 11) is 1.52. The van der Waals surface area contributed by atoms with Gasteiger partial charge in [0.1, 0.15) is 17.1 Å². The minimum absolute atomic E-state index is 0.0798. The largest absolute Gasteiger partial charge is 0.495 e. The summed E-state index contributed by atoms with van der Waals surface area (Å²) < 4.78 is 5.26. The van der Waals surface area contributed by atoms with Crippen molar-refractivity contribution >= 4 is 23.2 Å². The van der Waals surface area contributed by atoms with Crippen LogP contribution in [0.15, 0.2) is 60.7 Å². The zero-order valence-electron chi connectivity index (χ0n) is 15.9. The number of amides is 2. The summed E-state index contributed by atoms with van der Waals surface area (Å²) in [6.07, 6.45) is 0. The Balaban J connectivity index is 1.78. The average Bonchev–Trinajstić information content (AvgIpc) is 2.74. The molecule has 3 aromatic rings. The Morgan fingerprint density at radius 1 is 0.966 bits per heavy atom. The van der Waals surface area contributed by atoms with E-state index in [9.17, 15) is 9.59 Å². The van der Waals surface area contributed by atoms with Crippen LogP contribution in [-0.4, -0.2) is 23.9 Å². The lowest BCUT2D eigenvalue weighted by Gasteiger charge is -2.11. The lowest BCUT2D eigenvalue weighted by Crippen LogP contribution is -2.18. The first-order chi connectivity index (χ1) is 14.0. The third-order valence-electron chi connectivity index (χ3n) is 4.07. The predicted molar refractivity (Wildman–Crippen MR) is 109 cm³/mol. The second kappa shape index (κ2) is 8.67. The summed E-state index contributed by atoms with van der Waals surface area (Å²) >= 11 is 0. The lowest BCUT2D eigenvalue weighted by molar-refractivity contribution is 0.101. The number of ether oxygens (including phenoxy) is 1. The van der Waals surface area contributed by atoms with Crippen LogP contribution in [0.4, 0.5) is 11.4 Å². The van der Waals surface area contributed by atoms with E-state index in [1.165, 1.54) is 19.2 Å². The smallest absolute Gasteiger partial charge is 0.274 e. The molecule has 7 nitrogen and oxygen atoms in total. The van der Waals surface area contributed by atoms with Crippen LogP contribution in [0, 0.1) is 18.3 Å². The highest BCUT2D eigenvalue weighted by molar-refractivity contribution is 6.06. The number of methoxy groups -OCH3 is 1. The molecule has 0 saturated carbocycles. The van der Waals surface area contributed by atoms with Crippen molar-refractivity contribution in [2.45, 2.75) is 6.92 Å². The zero-order chi connectivity index (χ0) is 20.8. The molecule has 0 aliphatic rings. The molecule has 1 heterocycles. The van der Waals surface area contributed by atoms with Crippen molar-refractivity contribution in [1.29, 1.82) is 5.26 Å². The molecule has 2 N–H and O–H groups in total. The normalized spacial score (nSPS) is 9.97. The van der Waals surface area contributed by atoms with E-state index < -0.39 is 11.8 Å². The number of anilines is 2. The van der Waals surface area contributed by atoms with Gasteiger partial charge in [0, 0.05) is 5.69 Å². The number of rotatable bonds is 5. The van der Waals surface area contributed by atoms with Crippen LogP contribution in [0.1, 0.15) is 32.1 Å². The molecule has 144 valence electrons. The SMILES string of the molecule is COc1ccc(C)cc1NC(=O)c1cccc(C(=O)Nc2cccc(C#N)c2)n1. The number of nitriles is 1. The minimum atomic E-state index is -0.483. The van der Waals surface area contributed by atoms with Gasteiger partial charge in [-0.15, -0.1) is 0 Å². The van der Waals surface area contributed by atoms with Gasteiger partial charge in [-0.2, -0.15) is 5.26 Å². The van der Waals surface area contributed by atoms with E-state index in [1.54, 1.807) is 42.5 Å². The number of aryl methyl sites for hydroxylation is 1. The molecule has 1 aromatic heterocycles. The molecule has 2 aromatic carbocycles. The molecular formula is C22H18N4O3. The summed E-state index contributed by atoms with van der Waals surface area (Å²) in [6, 6.07) is 18.6. The number of pyridine rings is 1. The van der Waals surface area contributed by atoms with Gasteiger partial charge < -0.3 is 15.4 Å². The Kier molecular flexibility index (Phi) is 5.85. The number of aromatic nitrogens is 1. The van der Waals surface area contributed by atoms with Gasteiger partial charge in [-0.1, -0.05) is 18.2 Å². The molecule has 0 saturated heterocycles. The number of carbonyl (C=O) groups is 2. The standard InChI is InChI=1S/C22H18N4O3/c1-14-9-10-20(29-2)19(11-14)26-22(28)18-8-4-7-17(25-18)21(27)24-16-6-3-5-15(12-16)13-23/h3-12H,1-2H3,(H,24,27)(H,26,28). The van der Waals surface area contributed by atoms with Gasteiger partial charge in [0.05, 0.1) is 24.4 Å². The first-order valence-electron chi connectivity index (χ1n) is 8.74. The van der Waals surface area contributed by atoms with Crippen molar-refractivity contribution in [2.75, 3.05) is 17.7 Å². The van der Waals surface area contributed by atoms with Gasteiger partial charge in [-0.05, 0) is 55.0 Å². The highest BCUT2D eigenvalue weighted by atomic mass is 16.5.